The molecule has 3 aromatic rings. The summed E-state index contributed by atoms with van der Waals surface area (Å²) in [5.74, 6) is 1.64. The highest BCUT2D eigenvalue weighted by atomic mass is 16.5. The van der Waals surface area contributed by atoms with Gasteiger partial charge in [0.1, 0.15) is 12.4 Å². The lowest BCUT2D eigenvalue weighted by atomic mass is 10.1. The van der Waals surface area contributed by atoms with Crippen molar-refractivity contribution in [2.45, 2.75) is 26.8 Å². The van der Waals surface area contributed by atoms with Gasteiger partial charge >= 0.3 is 0 Å². The van der Waals surface area contributed by atoms with Crippen LogP contribution >= 0.6 is 0 Å². The van der Waals surface area contributed by atoms with Crippen LogP contribution < -0.4 is 15.4 Å². The second-order valence-corrected chi connectivity index (χ2v) is 7.45. The molecule has 2 N–H and O–H groups in total. The van der Waals surface area contributed by atoms with Crippen LogP contribution in [0.3, 0.4) is 0 Å². The Morgan fingerprint density at radius 3 is 2.72 bits per heavy atom. The Hall–Kier alpha value is -3.32. The summed E-state index contributed by atoms with van der Waals surface area (Å²) in [4.78, 5) is 4.75. The fourth-order valence-corrected chi connectivity index (χ4v) is 3.20. The molecule has 7 nitrogen and oxygen atoms in total. The number of para-hydroxylation sites is 1. The maximum Gasteiger partial charge on any atom is 0.191 e. The zero-order valence-electron chi connectivity index (χ0n) is 19.2. The molecule has 0 spiro atoms. The predicted octanol–water partition coefficient (Wildman–Crippen LogP) is 3.50. The van der Waals surface area contributed by atoms with E-state index in [1.54, 1.807) is 7.11 Å². The molecular formula is C25H33N5O2. The molecule has 2 aromatic carbocycles. The van der Waals surface area contributed by atoms with Crippen molar-refractivity contribution in [3.8, 4) is 11.4 Å². The Morgan fingerprint density at radius 2 is 1.94 bits per heavy atom. The first-order valence-corrected chi connectivity index (χ1v) is 11.0. The van der Waals surface area contributed by atoms with Gasteiger partial charge in [-0.05, 0) is 49.6 Å². The molecule has 0 aliphatic heterocycles. The Kier molecular flexibility index (Phi) is 9.13. The Morgan fingerprint density at radius 1 is 1.09 bits per heavy atom. The van der Waals surface area contributed by atoms with Gasteiger partial charge in [0.2, 0.25) is 0 Å². The van der Waals surface area contributed by atoms with Crippen LogP contribution in [0.25, 0.3) is 5.69 Å². The highest BCUT2D eigenvalue weighted by Crippen LogP contribution is 2.21. The lowest BCUT2D eigenvalue weighted by Crippen LogP contribution is -2.38. The molecule has 1 aromatic heterocycles. The van der Waals surface area contributed by atoms with Crippen molar-refractivity contribution >= 4 is 5.96 Å². The monoisotopic (exact) mass is 435 g/mol. The summed E-state index contributed by atoms with van der Waals surface area (Å²) in [6, 6.07) is 16.3. The molecule has 0 amide bonds. The minimum absolute atomic E-state index is 0.519. The van der Waals surface area contributed by atoms with Gasteiger partial charge in [-0.3, -0.25) is 0 Å². The van der Waals surface area contributed by atoms with Crippen molar-refractivity contribution < 1.29 is 9.47 Å². The molecule has 0 aliphatic rings. The van der Waals surface area contributed by atoms with E-state index in [0.29, 0.717) is 19.8 Å². The number of aromatic nitrogens is 2. The van der Waals surface area contributed by atoms with Crippen molar-refractivity contribution in [1.29, 1.82) is 0 Å². The number of methoxy groups -OCH3 is 1. The fourth-order valence-electron chi connectivity index (χ4n) is 3.20. The van der Waals surface area contributed by atoms with Gasteiger partial charge in [-0.15, -0.1) is 0 Å². The summed E-state index contributed by atoms with van der Waals surface area (Å²) in [5.41, 5.74) is 4.44. The van der Waals surface area contributed by atoms with E-state index < -0.39 is 0 Å². The number of aryl methyl sites for hydroxylation is 1. The normalized spacial score (nSPS) is 11.4. The van der Waals surface area contributed by atoms with Gasteiger partial charge in [0, 0.05) is 32.0 Å². The van der Waals surface area contributed by atoms with E-state index in [1.165, 1.54) is 5.56 Å². The predicted molar refractivity (Wildman–Crippen MR) is 129 cm³/mol. The van der Waals surface area contributed by atoms with Gasteiger partial charge in [0.25, 0.3) is 0 Å². The van der Waals surface area contributed by atoms with Crippen LogP contribution in [0.5, 0.6) is 5.75 Å². The van der Waals surface area contributed by atoms with Crippen LogP contribution in [0.2, 0.25) is 0 Å². The van der Waals surface area contributed by atoms with Crippen molar-refractivity contribution in [3.63, 3.8) is 0 Å². The number of guanidine groups is 1. The summed E-state index contributed by atoms with van der Waals surface area (Å²) in [7, 11) is 1.67. The van der Waals surface area contributed by atoms with Gasteiger partial charge in [0.05, 0.1) is 25.0 Å². The third kappa shape index (κ3) is 7.13. The summed E-state index contributed by atoms with van der Waals surface area (Å²) >= 11 is 0. The van der Waals surface area contributed by atoms with Crippen molar-refractivity contribution in [2.24, 2.45) is 4.99 Å². The summed E-state index contributed by atoms with van der Waals surface area (Å²) in [5, 5.41) is 11.2. The highest BCUT2D eigenvalue weighted by Gasteiger charge is 2.06. The molecule has 0 fully saturated rings. The van der Waals surface area contributed by atoms with E-state index in [0.717, 1.165) is 48.0 Å². The zero-order chi connectivity index (χ0) is 22.6. The third-order valence-corrected chi connectivity index (χ3v) is 4.88. The molecule has 7 heteroatoms. The second kappa shape index (κ2) is 12.5. The maximum atomic E-state index is 5.88. The van der Waals surface area contributed by atoms with Gasteiger partial charge < -0.3 is 20.1 Å². The van der Waals surface area contributed by atoms with Crippen LogP contribution in [0.15, 0.2) is 65.9 Å². The van der Waals surface area contributed by atoms with Crippen molar-refractivity contribution in [3.05, 3.63) is 77.6 Å². The van der Waals surface area contributed by atoms with E-state index in [-0.39, 0.29) is 0 Å². The number of nitrogens with one attached hydrogen (secondary N) is 2. The van der Waals surface area contributed by atoms with E-state index in [1.807, 2.05) is 47.3 Å². The molecule has 1 heterocycles. The topological polar surface area (TPSA) is 72.7 Å². The lowest BCUT2D eigenvalue weighted by Gasteiger charge is -2.13. The van der Waals surface area contributed by atoms with Gasteiger partial charge in [-0.25, -0.2) is 9.67 Å². The number of nitrogens with zero attached hydrogens (tertiary/aromatic N) is 3. The average molecular weight is 436 g/mol. The summed E-state index contributed by atoms with van der Waals surface area (Å²) < 4.78 is 12.9. The SMILES string of the molecule is CCNC(=NCc1ccc(C)cc1OCCOC)NCCc1cnn(-c2ccccc2)c1. The molecular weight excluding hydrogens is 402 g/mol. The largest absolute Gasteiger partial charge is 0.491 e. The minimum atomic E-state index is 0.519. The van der Waals surface area contributed by atoms with E-state index in [2.05, 4.69) is 47.9 Å². The third-order valence-electron chi connectivity index (χ3n) is 4.88. The van der Waals surface area contributed by atoms with E-state index in [4.69, 9.17) is 14.5 Å². The molecule has 0 bridgehead atoms. The molecule has 170 valence electrons. The number of hydrogen-bond donors (Lipinski definition) is 2. The molecule has 0 unspecified atom stereocenters. The van der Waals surface area contributed by atoms with Crippen molar-refractivity contribution in [2.75, 3.05) is 33.4 Å². The molecule has 0 saturated heterocycles. The van der Waals surface area contributed by atoms with Gasteiger partial charge in [-0.1, -0.05) is 30.3 Å². The standard InChI is InChI=1S/C25H33N5O2/c1-4-26-25(28-18-22-11-10-20(2)16-24(22)32-15-14-31-3)27-13-12-21-17-29-30(19-21)23-8-6-5-7-9-23/h5-11,16-17,19H,4,12-15,18H2,1-3H3,(H2,26,27,28). The molecule has 0 saturated carbocycles. The van der Waals surface area contributed by atoms with Crippen LogP contribution in [-0.4, -0.2) is 49.2 Å². The molecule has 0 radical (unpaired) electrons. The van der Waals surface area contributed by atoms with E-state index >= 15 is 0 Å². The average Bonchev–Trinajstić information content (AvgIpc) is 3.28. The number of hydrogen-bond acceptors (Lipinski definition) is 4. The van der Waals surface area contributed by atoms with Gasteiger partial charge in [-0.2, -0.15) is 5.10 Å². The van der Waals surface area contributed by atoms with Crippen LogP contribution in [0, 0.1) is 6.92 Å². The number of ether oxygens (including phenoxy) is 2. The smallest absolute Gasteiger partial charge is 0.191 e. The molecule has 3 rings (SSSR count). The molecule has 0 atom stereocenters. The highest BCUT2D eigenvalue weighted by molar-refractivity contribution is 5.79. The van der Waals surface area contributed by atoms with Gasteiger partial charge in [0.15, 0.2) is 5.96 Å². The molecule has 32 heavy (non-hydrogen) atoms. The lowest BCUT2D eigenvalue weighted by molar-refractivity contribution is 0.145. The number of rotatable bonds is 11. The fraction of sp³-hybridized carbons (Fsp3) is 0.360. The Bertz CT molecular complexity index is 985. The maximum absolute atomic E-state index is 5.88. The summed E-state index contributed by atoms with van der Waals surface area (Å²) in [6.07, 6.45) is 4.83. The minimum Gasteiger partial charge on any atom is -0.491 e. The second-order valence-electron chi connectivity index (χ2n) is 7.45. The number of aliphatic imine (C=N–C) groups is 1. The summed E-state index contributed by atoms with van der Waals surface area (Å²) in [6.45, 7) is 7.28. The van der Waals surface area contributed by atoms with Crippen LogP contribution in [0.1, 0.15) is 23.6 Å². The molecule has 0 aliphatic carbocycles. The van der Waals surface area contributed by atoms with Crippen LogP contribution in [-0.2, 0) is 17.7 Å². The Labute approximate surface area is 190 Å². The number of benzene rings is 2. The van der Waals surface area contributed by atoms with E-state index in [9.17, 15) is 0 Å². The zero-order valence-corrected chi connectivity index (χ0v) is 19.2. The first-order valence-electron chi connectivity index (χ1n) is 11.0. The first-order chi connectivity index (χ1) is 15.7. The van der Waals surface area contributed by atoms with Crippen molar-refractivity contribution in [1.82, 2.24) is 20.4 Å². The first kappa shape index (κ1) is 23.3. The Balaban J connectivity index is 1.57. The quantitative estimate of drug-likeness (QED) is 0.274. The van der Waals surface area contributed by atoms with Crippen LogP contribution in [0.4, 0.5) is 0 Å².